The molecule has 0 bridgehead atoms. The van der Waals surface area contributed by atoms with E-state index >= 15 is 0 Å². The van der Waals surface area contributed by atoms with Crippen LogP contribution in [0.15, 0.2) is 42.7 Å². The topological polar surface area (TPSA) is 52.8 Å². The van der Waals surface area contributed by atoms with Crippen LogP contribution in [-0.4, -0.2) is 23.1 Å². The van der Waals surface area contributed by atoms with Gasteiger partial charge in [-0.05, 0) is 12.0 Å². The molecular formula is C15H14N4. The third-order valence-electron chi connectivity index (χ3n) is 3.54. The molecule has 4 heteroatoms. The van der Waals surface area contributed by atoms with Gasteiger partial charge in [-0.1, -0.05) is 30.3 Å². The van der Waals surface area contributed by atoms with E-state index in [-0.39, 0.29) is 0 Å². The monoisotopic (exact) mass is 250 g/mol. The molecule has 2 aromatic rings. The number of hydrogen-bond acceptors (Lipinski definition) is 4. The maximum absolute atomic E-state index is 8.72. The predicted molar refractivity (Wildman–Crippen MR) is 72.8 cm³/mol. The second kappa shape index (κ2) is 5.07. The van der Waals surface area contributed by atoms with Gasteiger partial charge in [0.25, 0.3) is 0 Å². The van der Waals surface area contributed by atoms with E-state index in [1.807, 2.05) is 12.1 Å². The van der Waals surface area contributed by atoms with Gasteiger partial charge < -0.3 is 4.90 Å². The molecule has 1 aliphatic rings. The molecule has 1 saturated heterocycles. The highest BCUT2D eigenvalue weighted by Crippen LogP contribution is 2.29. The van der Waals surface area contributed by atoms with Crippen LogP contribution in [0.2, 0.25) is 0 Å². The molecule has 0 radical (unpaired) electrons. The van der Waals surface area contributed by atoms with Crippen molar-refractivity contribution in [3.63, 3.8) is 0 Å². The van der Waals surface area contributed by atoms with E-state index in [4.69, 9.17) is 5.26 Å². The van der Waals surface area contributed by atoms with Crippen LogP contribution < -0.4 is 4.90 Å². The van der Waals surface area contributed by atoms with Crippen LogP contribution in [0.5, 0.6) is 0 Å². The van der Waals surface area contributed by atoms with E-state index in [0.29, 0.717) is 11.6 Å². The first-order valence-electron chi connectivity index (χ1n) is 6.39. The Morgan fingerprint density at radius 2 is 2.00 bits per heavy atom. The Morgan fingerprint density at radius 1 is 1.16 bits per heavy atom. The fraction of sp³-hybridized carbons (Fsp3) is 0.267. The van der Waals surface area contributed by atoms with Crippen LogP contribution in [0.3, 0.4) is 0 Å². The summed E-state index contributed by atoms with van der Waals surface area (Å²) in [6.45, 7) is 1.95. The number of nitrogens with zero attached hydrogens (tertiary/aromatic N) is 4. The molecule has 19 heavy (non-hydrogen) atoms. The molecule has 1 unspecified atom stereocenters. The minimum atomic E-state index is 0.363. The van der Waals surface area contributed by atoms with Gasteiger partial charge in [0.05, 0.1) is 12.4 Å². The van der Waals surface area contributed by atoms with E-state index in [0.717, 1.165) is 25.3 Å². The molecular weight excluding hydrogens is 236 g/mol. The highest BCUT2D eigenvalue weighted by atomic mass is 15.2. The van der Waals surface area contributed by atoms with Crippen molar-refractivity contribution in [3.8, 4) is 6.07 Å². The lowest BCUT2D eigenvalue weighted by Crippen LogP contribution is -2.20. The molecule has 1 fully saturated rings. The van der Waals surface area contributed by atoms with Crippen molar-refractivity contribution >= 4 is 5.82 Å². The second-order valence-electron chi connectivity index (χ2n) is 4.71. The fourth-order valence-corrected chi connectivity index (χ4v) is 2.51. The first kappa shape index (κ1) is 11.7. The average molecular weight is 250 g/mol. The lowest BCUT2D eigenvalue weighted by molar-refractivity contribution is 0.774. The van der Waals surface area contributed by atoms with E-state index in [2.05, 4.69) is 39.1 Å². The summed E-state index contributed by atoms with van der Waals surface area (Å²) >= 11 is 0. The largest absolute Gasteiger partial charge is 0.355 e. The third kappa shape index (κ3) is 2.41. The smallest absolute Gasteiger partial charge is 0.158 e. The zero-order chi connectivity index (χ0) is 13.1. The summed E-state index contributed by atoms with van der Waals surface area (Å²) in [7, 11) is 0. The van der Waals surface area contributed by atoms with Gasteiger partial charge in [0.2, 0.25) is 0 Å². The quantitative estimate of drug-likeness (QED) is 0.821. The minimum Gasteiger partial charge on any atom is -0.355 e. The first-order valence-corrected chi connectivity index (χ1v) is 6.39. The van der Waals surface area contributed by atoms with E-state index in [1.54, 1.807) is 6.20 Å². The zero-order valence-electron chi connectivity index (χ0n) is 10.5. The molecule has 0 spiro atoms. The maximum atomic E-state index is 8.72. The van der Waals surface area contributed by atoms with Crippen molar-refractivity contribution in [2.45, 2.75) is 12.3 Å². The molecule has 2 heterocycles. The SMILES string of the molecule is N#Cc1cnc(N2CCC(c3ccccc3)C2)cn1. The molecule has 3 rings (SSSR count). The van der Waals surface area contributed by atoms with Gasteiger partial charge in [0.15, 0.2) is 5.69 Å². The van der Waals surface area contributed by atoms with Gasteiger partial charge in [-0.2, -0.15) is 5.26 Å². The number of anilines is 1. The summed E-state index contributed by atoms with van der Waals surface area (Å²) in [6, 6.07) is 12.6. The van der Waals surface area contributed by atoms with Crippen LogP contribution in [0.1, 0.15) is 23.6 Å². The molecule has 0 aliphatic carbocycles. The van der Waals surface area contributed by atoms with E-state index in [1.165, 1.54) is 11.8 Å². The van der Waals surface area contributed by atoms with Crippen LogP contribution in [-0.2, 0) is 0 Å². The Balaban J connectivity index is 1.73. The van der Waals surface area contributed by atoms with Crippen molar-refractivity contribution < 1.29 is 0 Å². The molecule has 1 atom stereocenters. The summed E-state index contributed by atoms with van der Waals surface area (Å²) in [5.41, 5.74) is 1.74. The van der Waals surface area contributed by atoms with Crippen molar-refractivity contribution in [1.82, 2.24) is 9.97 Å². The van der Waals surface area contributed by atoms with Crippen molar-refractivity contribution in [2.75, 3.05) is 18.0 Å². The van der Waals surface area contributed by atoms with Crippen LogP contribution in [0.25, 0.3) is 0 Å². The molecule has 1 aliphatic heterocycles. The predicted octanol–water partition coefficient (Wildman–Crippen LogP) is 2.34. The Bertz CT molecular complexity index is 586. The fourth-order valence-electron chi connectivity index (χ4n) is 2.51. The van der Waals surface area contributed by atoms with Crippen LogP contribution >= 0.6 is 0 Å². The van der Waals surface area contributed by atoms with Gasteiger partial charge in [0.1, 0.15) is 11.9 Å². The second-order valence-corrected chi connectivity index (χ2v) is 4.71. The van der Waals surface area contributed by atoms with Crippen molar-refractivity contribution in [2.24, 2.45) is 0 Å². The lowest BCUT2D eigenvalue weighted by atomic mass is 9.99. The summed E-state index contributed by atoms with van der Waals surface area (Å²) in [5, 5.41) is 8.72. The molecule has 94 valence electrons. The summed E-state index contributed by atoms with van der Waals surface area (Å²) in [6.07, 6.45) is 4.35. The van der Waals surface area contributed by atoms with Crippen molar-refractivity contribution in [1.29, 1.82) is 5.26 Å². The Morgan fingerprint density at radius 3 is 2.68 bits per heavy atom. The van der Waals surface area contributed by atoms with Gasteiger partial charge >= 0.3 is 0 Å². The van der Waals surface area contributed by atoms with E-state index < -0.39 is 0 Å². The zero-order valence-corrected chi connectivity index (χ0v) is 10.5. The standard InChI is InChI=1S/C15H14N4/c16-8-14-9-18-15(10-17-14)19-7-6-13(11-19)12-4-2-1-3-5-12/h1-5,9-10,13H,6-7,11H2. The molecule has 0 amide bonds. The Labute approximate surface area is 112 Å². The number of rotatable bonds is 2. The number of nitriles is 1. The third-order valence-corrected chi connectivity index (χ3v) is 3.54. The summed E-state index contributed by atoms with van der Waals surface area (Å²) in [5.74, 6) is 1.41. The van der Waals surface area contributed by atoms with Gasteiger partial charge in [-0.3, -0.25) is 0 Å². The number of hydrogen-bond donors (Lipinski definition) is 0. The van der Waals surface area contributed by atoms with Crippen LogP contribution in [0, 0.1) is 11.3 Å². The lowest BCUT2D eigenvalue weighted by Gasteiger charge is -2.17. The highest BCUT2D eigenvalue weighted by Gasteiger charge is 2.24. The van der Waals surface area contributed by atoms with Gasteiger partial charge in [0, 0.05) is 19.0 Å². The average Bonchev–Trinajstić information content (AvgIpc) is 2.98. The normalized spacial score (nSPS) is 18.3. The maximum Gasteiger partial charge on any atom is 0.158 e. The molecule has 1 aromatic carbocycles. The van der Waals surface area contributed by atoms with E-state index in [9.17, 15) is 0 Å². The van der Waals surface area contributed by atoms with Gasteiger partial charge in [-0.25, -0.2) is 9.97 Å². The molecule has 0 N–H and O–H groups in total. The number of aromatic nitrogens is 2. The van der Waals surface area contributed by atoms with Crippen molar-refractivity contribution in [3.05, 3.63) is 54.0 Å². The highest BCUT2D eigenvalue weighted by molar-refractivity contribution is 5.40. The van der Waals surface area contributed by atoms with Gasteiger partial charge in [-0.15, -0.1) is 0 Å². The molecule has 1 aromatic heterocycles. The summed E-state index contributed by atoms with van der Waals surface area (Å²) < 4.78 is 0. The Hall–Kier alpha value is -2.41. The molecule has 4 nitrogen and oxygen atoms in total. The summed E-state index contributed by atoms with van der Waals surface area (Å²) in [4.78, 5) is 10.6. The van der Waals surface area contributed by atoms with Crippen LogP contribution in [0.4, 0.5) is 5.82 Å². The minimum absolute atomic E-state index is 0.363. The Kier molecular flexibility index (Phi) is 3.11. The first-order chi connectivity index (χ1) is 9.36. The molecule has 0 saturated carbocycles. The number of benzene rings is 1.